The number of benzene rings is 1. The van der Waals surface area contributed by atoms with Gasteiger partial charge in [-0.3, -0.25) is 0 Å². The molecule has 1 atom stereocenters. The Labute approximate surface area is 94.2 Å². The second-order valence-electron chi connectivity index (χ2n) is 3.61. The molecule has 0 bridgehead atoms. The predicted molar refractivity (Wildman–Crippen MR) is 59.6 cm³/mol. The summed E-state index contributed by atoms with van der Waals surface area (Å²) in [6.07, 6.45) is 1.49. The van der Waals surface area contributed by atoms with E-state index in [9.17, 15) is 0 Å². The van der Waals surface area contributed by atoms with Gasteiger partial charge in [-0.1, -0.05) is 30.3 Å². The van der Waals surface area contributed by atoms with Gasteiger partial charge in [0.25, 0.3) is 0 Å². The van der Waals surface area contributed by atoms with Gasteiger partial charge < -0.3 is 0 Å². The van der Waals surface area contributed by atoms with Crippen LogP contribution >= 0.6 is 0 Å². The molecule has 0 spiro atoms. The quantitative estimate of drug-likeness (QED) is 0.781. The molecule has 80 valence electrons. The van der Waals surface area contributed by atoms with Crippen molar-refractivity contribution in [3.05, 3.63) is 48.0 Å². The number of hydrogen-bond donors (Lipinski definition) is 0. The maximum Gasteiger partial charge on any atom is 0.144 e. The standard InChI is InChI=1S/C12H12N4/c1-10(7-13)12-14-9-15-16(12)8-11-5-3-2-4-6-11/h2-6,9-10H,8H2,1H3. The van der Waals surface area contributed by atoms with Crippen LogP contribution in [0.25, 0.3) is 0 Å². The summed E-state index contributed by atoms with van der Waals surface area (Å²) in [5.41, 5.74) is 1.15. The predicted octanol–water partition coefficient (Wildman–Crippen LogP) is 1.95. The van der Waals surface area contributed by atoms with E-state index in [0.29, 0.717) is 12.4 Å². The summed E-state index contributed by atoms with van der Waals surface area (Å²) in [6, 6.07) is 12.2. The minimum Gasteiger partial charge on any atom is -0.244 e. The van der Waals surface area contributed by atoms with E-state index < -0.39 is 0 Å². The molecule has 2 rings (SSSR count). The van der Waals surface area contributed by atoms with Gasteiger partial charge in [-0.2, -0.15) is 10.4 Å². The molecular formula is C12H12N4. The Hall–Kier alpha value is -2.15. The molecule has 0 N–H and O–H groups in total. The van der Waals surface area contributed by atoms with Crippen molar-refractivity contribution in [2.45, 2.75) is 19.4 Å². The minimum absolute atomic E-state index is 0.230. The van der Waals surface area contributed by atoms with Crippen LogP contribution in [0, 0.1) is 11.3 Å². The third-order valence-electron chi connectivity index (χ3n) is 2.40. The Morgan fingerprint density at radius 2 is 2.12 bits per heavy atom. The molecule has 0 saturated heterocycles. The highest BCUT2D eigenvalue weighted by atomic mass is 15.3. The van der Waals surface area contributed by atoms with Crippen molar-refractivity contribution in [1.29, 1.82) is 5.26 Å². The van der Waals surface area contributed by atoms with E-state index in [2.05, 4.69) is 16.2 Å². The van der Waals surface area contributed by atoms with Gasteiger partial charge in [-0.15, -0.1) is 0 Å². The van der Waals surface area contributed by atoms with E-state index in [4.69, 9.17) is 5.26 Å². The highest BCUT2D eigenvalue weighted by molar-refractivity contribution is 5.16. The lowest BCUT2D eigenvalue weighted by atomic mass is 10.2. The molecule has 0 aliphatic carbocycles. The van der Waals surface area contributed by atoms with Crippen LogP contribution < -0.4 is 0 Å². The Morgan fingerprint density at radius 3 is 2.81 bits per heavy atom. The molecule has 0 amide bonds. The highest BCUT2D eigenvalue weighted by Crippen LogP contribution is 2.11. The zero-order valence-corrected chi connectivity index (χ0v) is 9.04. The van der Waals surface area contributed by atoms with Crippen molar-refractivity contribution in [2.75, 3.05) is 0 Å². The first-order valence-electron chi connectivity index (χ1n) is 5.12. The summed E-state index contributed by atoms with van der Waals surface area (Å²) in [4.78, 5) is 4.11. The van der Waals surface area contributed by atoms with Crippen molar-refractivity contribution >= 4 is 0 Å². The van der Waals surface area contributed by atoms with E-state index in [0.717, 1.165) is 5.56 Å². The van der Waals surface area contributed by atoms with E-state index >= 15 is 0 Å². The first-order valence-corrected chi connectivity index (χ1v) is 5.12. The van der Waals surface area contributed by atoms with Gasteiger partial charge in [0.2, 0.25) is 0 Å². The number of hydrogen-bond acceptors (Lipinski definition) is 3. The van der Waals surface area contributed by atoms with E-state index in [1.54, 1.807) is 4.68 Å². The van der Waals surface area contributed by atoms with Gasteiger partial charge >= 0.3 is 0 Å². The van der Waals surface area contributed by atoms with Gasteiger partial charge in [0, 0.05) is 0 Å². The molecule has 0 saturated carbocycles. The van der Waals surface area contributed by atoms with Gasteiger partial charge in [-0.25, -0.2) is 9.67 Å². The minimum atomic E-state index is -0.230. The lowest BCUT2D eigenvalue weighted by molar-refractivity contribution is 0.627. The molecule has 1 aromatic carbocycles. The Balaban J connectivity index is 2.23. The highest BCUT2D eigenvalue weighted by Gasteiger charge is 2.11. The number of rotatable bonds is 3. The molecule has 4 nitrogen and oxygen atoms in total. The fraction of sp³-hybridized carbons (Fsp3) is 0.250. The summed E-state index contributed by atoms with van der Waals surface area (Å²) in [6.45, 7) is 2.48. The lowest BCUT2D eigenvalue weighted by Crippen LogP contribution is -2.08. The average molecular weight is 212 g/mol. The Morgan fingerprint density at radius 1 is 1.38 bits per heavy atom. The molecule has 1 unspecified atom stereocenters. The van der Waals surface area contributed by atoms with Crippen LogP contribution in [0.2, 0.25) is 0 Å². The molecule has 4 heteroatoms. The molecule has 0 fully saturated rings. The van der Waals surface area contributed by atoms with Crippen LogP contribution in [0.15, 0.2) is 36.7 Å². The fourth-order valence-corrected chi connectivity index (χ4v) is 1.54. The van der Waals surface area contributed by atoms with Crippen molar-refractivity contribution in [1.82, 2.24) is 14.8 Å². The monoisotopic (exact) mass is 212 g/mol. The second-order valence-corrected chi connectivity index (χ2v) is 3.61. The largest absolute Gasteiger partial charge is 0.244 e. The Kier molecular flexibility index (Phi) is 2.97. The molecule has 0 aliphatic heterocycles. The first kappa shape index (κ1) is 10.4. The molecule has 16 heavy (non-hydrogen) atoms. The molecule has 1 aromatic heterocycles. The Bertz CT molecular complexity index is 495. The SMILES string of the molecule is CC(C#N)c1ncnn1Cc1ccccc1. The molecular weight excluding hydrogens is 200 g/mol. The third-order valence-corrected chi connectivity index (χ3v) is 2.40. The van der Waals surface area contributed by atoms with Crippen LogP contribution in [0.3, 0.4) is 0 Å². The molecule has 0 radical (unpaired) electrons. The van der Waals surface area contributed by atoms with Crippen LogP contribution in [0.5, 0.6) is 0 Å². The van der Waals surface area contributed by atoms with E-state index in [1.807, 2.05) is 37.3 Å². The summed E-state index contributed by atoms with van der Waals surface area (Å²) in [5.74, 6) is 0.484. The molecule has 0 aliphatic rings. The van der Waals surface area contributed by atoms with Gasteiger partial charge in [0.15, 0.2) is 0 Å². The van der Waals surface area contributed by atoms with Gasteiger partial charge in [-0.05, 0) is 12.5 Å². The summed E-state index contributed by atoms with van der Waals surface area (Å²) in [7, 11) is 0. The zero-order valence-electron chi connectivity index (χ0n) is 9.04. The lowest BCUT2D eigenvalue weighted by Gasteiger charge is -2.06. The smallest absolute Gasteiger partial charge is 0.144 e. The maximum atomic E-state index is 8.87. The van der Waals surface area contributed by atoms with E-state index in [-0.39, 0.29) is 5.92 Å². The van der Waals surface area contributed by atoms with Crippen LogP contribution in [-0.4, -0.2) is 14.8 Å². The van der Waals surface area contributed by atoms with E-state index in [1.165, 1.54) is 6.33 Å². The van der Waals surface area contributed by atoms with Crippen LogP contribution in [0.1, 0.15) is 24.2 Å². The average Bonchev–Trinajstić information content (AvgIpc) is 2.77. The zero-order chi connectivity index (χ0) is 11.4. The van der Waals surface area contributed by atoms with Crippen molar-refractivity contribution in [3.63, 3.8) is 0 Å². The van der Waals surface area contributed by atoms with Crippen molar-refractivity contribution in [2.24, 2.45) is 0 Å². The first-order chi connectivity index (χ1) is 7.81. The molecule has 2 aromatic rings. The summed E-state index contributed by atoms with van der Waals surface area (Å²) < 4.78 is 1.77. The number of nitrogens with zero attached hydrogens (tertiary/aromatic N) is 4. The summed E-state index contributed by atoms with van der Waals surface area (Å²) in [5, 5.41) is 13.0. The molecule has 1 heterocycles. The van der Waals surface area contributed by atoms with Crippen molar-refractivity contribution < 1.29 is 0 Å². The second kappa shape index (κ2) is 4.58. The fourth-order valence-electron chi connectivity index (χ4n) is 1.54. The summed E-state index contributed by atoms with van der Waals surface area (Å²) >= 11 is 0. The van der Waals surface area contributed by atoms with Gasteiger partial charge in [0.1, 0.15) is 18.1 Å². The third kappa shape index (κ3) is 2.09. The number of nitriles is 1. The van der Waals surface area contributed by atoms with Gasteiger partial charge in [0.05, 0.1) is 12.6 Å². The van der Waals surface area contributed by atoms with Crippen LogP contribution in [0.4, 0.5) is 0 Å². The number of aromatic nitrogens is 3. The van der Waals surface area contributed by atoms with Crippen molar-refractivity contribution in [3.8, 4) is 6.07 Å². The maximum absolute atomic E-state index is 8.87. The topological polar surface area (TPSA) is 54.5 Å². The normalized spacial score (nSPS) is 12.0. The van der Waals surface area contributed by atoms with Crippen LogP contribution in [-0.2, 0) is 6.54 Å².